The molecule has 0 atom stereocenters. The highest BCUT2D eigenvalue weighted by Gasteiger charge is 2.31. The van der Waals surface area contributed by atoms with Crippen LogP contribution in [0.3, 0.4) is 0 Å². The van der Waals surface area contributed by atoms with Crippen molar-refractivity contribution < 1.29 is 19.8 Å². The summed E-state index contributed by atoms with van der Waals surface area (Å²) in [6, 6.07) is 0. The van der Waals surface area contributed by atoms with E-state index in [1.807, 2.05) is 0 Å². The van der Waals surface area contributed by atoms with Crippen molar-refractivity contribution >= 4 is 36.6 Å². The molecule has 0 saturated heterocycles. The quantitative estimate of drug-likeness (QED) is 0.456. The van der Waals surface area contributed by atoms with E-state index in [4.69, 9.17) is 10.2 Å². The lowest BCUT2D eigenvalue weighted by molar-refractivity contribution is -0.127. The Morgan fingerprint density at radius 3 is 1.32 bits per heavy atom. The number of carbonyl (C=O) groups excluding carboxylic acids is 2. The Balaban J connectivity index is -0.00000180. The minimum atomic E-state index is -1.14. The van der Waals surface area contributed by atoms with Crippen molar-refractivity contribution in [1.82, 2.24) is 10.6 Å². The van der Waals surface area contributed by atoms with Gasteiger partial charge in [-0.15, -0.1) is 24.8 Å². The van der Waals surface area contributed by atoms with Gasteiger partial charge in [-0.05, 0) is 27.7 Å². The Hall–Kier alpha value is -0.960. The largest absolute Gasteiger partial charge is 0.395 e. The van der Waals surface area contributed by atoms with Gasteiger partial charge < -0.3 is 20.8 Å². The first-order valence-electron chi connectivity index (χ1n) is 6.40. The van der Waals surface area contributed by atoms with Gasteiger partial charge in [0, 0.05) is 13.1 Å². The van der Waals surface area contributed by atoms with Gasteiger partial charge in [-0.2, -0.15) is 10.2 Å². The summed E-state index contributed by atoms with van der Waals surface area (Å²) in [7, 11) is 0. The molecule has 10 heteroatoms. The lowest BCUT2D eigenvalue weighted by Gasteiger charge is -2.21. The molecule has 0 aromatic heterocycles. The number of amides is 2. The molecule has 0 aliphatic carbocycles. The number of carbonyl (C=O) groups is 2. The van der Waals surface area contributed by atoms with Crippen LogP contribution in [0.25, 0.3) is 0 Å². The van der Waals surface area contributed by atoms with Gasteiger partial charge in [0.05, 0.1) is 13.2 Å². The molecule has 4 N–H and O–H groups in total. The van der Waals surface area contributed by atoms with Crippen molar-refractivity contribution in [3.63, 3.8) is 0 Å². The predicted octanol–water partition coefficient (Wildman–Crippen LogP) is 0.0564. The van der Waals surface area contributed by atoms with Crippen LogP contribution in [0.2, 0.25) is 0 Å². The third-order valence-corrected chi connectivity index (χ3v) is 2.46. The maximum atomic E-state index is 11.8. The minimum absolute atomic E-state index is 0. The maximum absolute atomic E-state index is 11.8. The van der Waals surface area contributed by atoms with Gasteiger partial charge in [-0.1, -0.05) is 0 Å². The molecule has 22 heavy (non-hydrogen) atoms. The number of hydrogen-bond acceptors (Lipinski definition) is 6. The smallest absolute Gasteiger partial charge is 0.249 e. The molecule has 0 unspecified atom stereocenters. The van der Waals surface area contributed by atoms with Crippen molar-refractivity contribution in [2.75, 3.05) is 26.3 Å². The van der Waals surface area contributed by atoms with E-state index >= 15 is 0 Å². The van der Waals surface area contributed by atoms with Crippen LogP contribution in [-0.4, -0.2) is 59.4 Å². The molecule has 0 spiro atoms. The fourth-order valence-corrected chi connectivity index (χ4v) is 1.11. The summed E-state index contributed by atoms with van der Waals surface area (Å²) >= 11 is 0. The number of nitrogens with one attached hydrogen (secondary N) is 2. The molecule has 0 aliphatic rings. The maximum Gasteiger partial charge on any atom is 0.249 e. The van der Waals surface area contributed by atoms with E-state index in [0.717, 1.165) is 0 Å². The Kier molecular flexibility index (Phi) is 13.7. The molecule has 0 fully saturated rings. The Bertz CT molecular complexity index is 342. The van der Waals surface area contributed by atoms with Crippen molar-refractivity contribution in [2.45, 2.75) is 38.8 Å². The predicted molar refractivity (Wildman–Crippen MR) is 87.7 cm³/mol. The molecular weight excluding hydrogens is 335 g/mol. The number of azo groups is 1. The molecule has 8 nitrogen and oxygen atoms in total. The number of aliphatic hydroxyl groups is 2. The van der Waals surface area contributed by atoms with Gasteiger partial charge >= 0.3 is 0 Å². The van der Waals surface area contributed by atoms with Crippen LogP contribution >= 0.6 is 24.8 Å². The molecule has 0 saturated carbocycles. The van der Waals surface area contributed by atoms with Gasteiger partial charge in [0.1, 0.15) is 0 Å². The second-order valence-corrected chi connectivity index (χ2v) is 5.28. The van der Waals surface area contributed by atoms with Crippen LogP contribution in [0.4, 0.5) is 0 Å². The van der Waals surface area contributed by atoms with Gasteiger partial charge in [0.2, 0.25) is 11.8 Å². The minimum Gasteiger partial charge on any atom is -0.395 e. The first kappa shape index (κ1) is 26.0. The van der Waals surface area contributed by atoms with E-state index in [1.54, 1.807) is 27.7 Å². The second kappa shape index (κ2) is 11.6. The SMILES string of the molecule is CC(C)(N=NC(C)(C)C(=O)NCCO)C(=O)NCCO.Cl.Cl. The molecule has 132 valence electrons. The van der Waals surface area contributed by atoms with Crippen molar-refractivity contribution in [3.05, 3.63) is 0 Å². The van der Waals surface area contributed by atoms with Crippen LogP contribution in [0.1, 0.15) is 27.7 Å². The van der Waals surface area contributed by atoms with Gasteiger partial charge in [-0.25, -0.2) is 0 Å². The topological polar surface area (TPSA) is 123 Å². The third-order valence-electron chi connectivity index (χ3n) is 2.46. The van der Waals surface area contributed by atoms with E-state index < -0.39 is 11.1 Å². The van der Waals surface area contributed by atoms with Crippen molar-refractivity contribution in [3.8, 4) is 0 Å². The lowest BCUT2D eigenvalue weighted by atomic mass is 10.0. The summed E-state index contributed by atoms with van der Waals surface area (Å²) in [5.41, 5.74) is -2.27. The summed E-state index contributed by atoms with van der Waals surface area (Å²) in [6.07, 6.45) is 0. The first-order valence-corrected chi connectivity index (χ1v) is 6.40. The molecular formula is C12H26Cl2N4O4. The van der Waals surface area contributed by atoms with Crippen molar-refractivity contribution in [1.29, 1.82) is 0 Å². The highest BCUT2D eigenvalue weighted by atomic mass is 35.5. The number of halogens is 2. The van der Waals surface area contributed by atoms with E-state index in [-0.39, 0.29) is 62.9 Å². The number of rotatable bonds is 8. The van der Waals surface area contributed by atoms with Gasteiger partial charge in [-0.3, -0.25) is 9.59 Å². The molecule has 0 radical (unpaired) electrons. The highest BCUT2D eigenvalue weighted by molar-refractivity contribution is 5.86. The van der Waals surface area contributed by atoms with Crippen LogP contribution in [0.15, 0.2) is 10.2 Å². The number of hydrogen-bond donors (Lipinski definition) is 4. The molecule has 0 rings (SSSR count). The Morgan fingerprint density at radius 1 is 0.818 bits per heavy atom. The van der Waals surface area contributed by atoms with Gasteiger partial charge in [0.25, 0.3) is 0 Å². The summed E-state index contributed by atoms with van der Waals surface area (Å²) in [4.78, 5) is 23.5. The number of nitrogens with zero attached hydrogens (tertiary/aromatic N) is 2. The fourth-order valence-electron chi connectivity index (χ4n) is 1.11. The Morgan fingerprint density at radius 2 is 1.09 bits per heavy atom. The fraction of sp³-hybridized carbons (Fsp3) is 0.833. The second-order valence-electron chi connectivity index (χ2n) is 5.28. The lowest BCUT2D eigenvalue weighted by Crippen LogP contribution is -2.44. The van der Waals surface area contributed by atoms with E-state index in [2.05, 4.69) is 20.9 Å². The molecule has 0 aromatic rings. The van der Waals surface area contributed by atoms with E-state index in [9.17, 15) is 9.59 Å². The normalized spacial score (nSPS) is 11.4. The average molecular weight is 361 g/mol. The summed E-state index contributed by atoms with van der Waals surface area (Å²) in [6.45, 7) is 6.20. The molecule has 0 bridgehead atoms. The standard InChI is InChI=1S/C12H24N4O4.2ClH/c1-11(2,9(19)13-5-7-17)15-16-12(3,4)10(20)14-6-8-18;;/h17-18H,5-8H2,1-4H3,(H,13,19)(H,14,20);2*1H. The van der Waals surface area contributed by atoms with Crippen LogP contribution in [-0.2, 0) is 9.59 Å². The van der Waals surface area contributed by atoms with E-state index in [1.165, 1.54) is 0 Å². The van der Waals surface area contributed by atoms with Crippen molar-refractivity contribution in [2.24, 2.45) is 10.2 Å². The monoisotopic (exact) mass is 360 g/mol. The first-order chi connectivity index (χ1) is 9.17. The number of aliphatic hydroxyl groups excluding tert-OH is 2. The average Bonchev–Trinajstić information content (AvgIpc) is 2.39. The zero-order valence-electron chi connectivity index (χ0n) is 13.3. The summed E-state index contributed by atoms with van der Waals surface area (Å²) < 4.78 is 0. The zero-order valence-corrected chi connectivity index (χ0v) is 14.9. The van der Waals surface area contributed by atoms with Crippen LogP contribution < -0.4 is 10.6 Å². The molecule has 0 heterocycles. The van der Waals surface area contributed by atoms with Crippen LogP contribution in [0, 0.1) is 0 Å². The molecule has 0 aromatic carbocycles. The Labute approximate surface area is 143 Å². The van der Waals surface area contributed by atoms with Crippen LogP contribution in [0.5, 0.6) is 0 Å². The highest BCUT2D eigenvalue weighted by Crippen LogP contribution is 2.16. The zero-order chi connectivity index (χ0) is 15.8. The van der Waals surface area contributed by atoms with Gasteiger partial charge in [0.15, 0.2) is 11.1 Å². The van der Waals surface area contributed by atoms with E-state index in [0.29, 0.717) is 0 Å². The summed E-state index contributed by atoms with van der Waals surface area (Å²) in [5, 5.41) is 30.1. The summed E-state index contributed by atoms with van der Waals surface area (Å²) in [5.74, 6) is -0.774. The molecule has 0 aliphatic heterocycles. The molecule has 2 amide bonds. The third kappa shape index (κ3) is 9.14.